The number of H-pyrrole nitrogens is 2. The highest BCUT2D eigenvalue weighted by Crippen LogP contribution is 2.51. The van der Waals surface area contributed by atoms with E-state index in [1.165, 1.54) is 0 Å². The van der Waals surface area contributed by atoms with Crippen molar-refractivity contribution in [2.75, 3.05) is 0 Å². The Labute approximate surface area is 293 Å². The fourth-order valence-corrected chi connectivity index (χ4v) is 8.68. The minimum absolute atomic E-state index is 0.00538. The summed E-state index contributed by atoms with van der Waals surface area (Å²) in [5.74, 6) is 3.08. The van der Waals surface area contributed by atoms with Crippen LogP contribution >= 0.6 is 0 Å². The zero-order valence-corrected chi connectivity index (χ0v) is 29.8. The second-order valence-corrected chi connectivity index (χ2v) is 16.5. The summed E-state index contributed by atoms with van der Waals surface area (Å²) in [6, 6.07) is 8.50. The van der Waals surface area contributed by atoms with Crippen LogP contribution in [0.25, 0.3) is 33.9 Å². The molecule has 7 unspecified atom stereocenters. The minimum atomic E-state index is -0.971. The van der Waals surface area contributed by atoms with Gasteiger partial charge in [-0.2, -0.15) is 0 Å². The normalized spacial score (nSPS) is 27.0. The number of rotatable bonds is 7. The molecular weight excluding hydrogens is 632 g/mol. The summed E-state index contributed by atoms with van der Waals surface area (Å²) < 4.78 is 11.7. The minimum Gasteiger partial charge on any atom is -0.444 e. The van der Waals surface area contributed by atoms with Gasteiger partial charge in [0.25, 0.3) is 0 Å². The van der Waals surface area contributed by atoms with Crippen molar-refractivity contribution >= 4 is 6.09 Å². The highest BCUT2D eigenvalue weighted by atomic mass is 16.6. The number of ether oxygens (including phenoxy) is 2. The molecule has 3 aromatic heterocycles. The Balaban J connectivity index is 0.952. The predicted molar refractivity (Wildman–Crippen MR) is 187 cm³/mol. The first-order valence-electron chi connectivity index (χ1n) is 18.0. The highest BCUT2D eigenvalue weighted by molar-refractivity contribution is 5.70. The van der Waals surface area contributed by atoms with Crippen molar-refractivity contribution in [2.24, 2.45) is 11.8 Å². The molecule has 0 radical (unpaired) electrons. The van der Waals surface area contributed by atoms with Gasteiger partial charge in [-0.3, -0.25) is 4.90 Å². The van der Waals surface area contributed by atoms with Gasteiger partial charge in [0.15, 0.2) is 5.82 Å². The van der Waals surface area contributed by atoms with Gasteiger partial charge >= 0.3 is 6.09 Å². The number of carbonyl (C=O) groups is 1. The van der Waals surface area contributed by atoms with E-state index in [0.29, 0.717) is 23.7 Å². The fraction of sp³-hybridized carbons (Fsp3) is 0.553. The number of aromatic amines is 2. The first kappa shape index (κ1) is 33.0. The lowest BCUT2D eigenvalue weighted by atomic mass is 9.98. The van der Waals surface area contributed by atoms with Gasteiger partial charge in [0.05, 0.1) is 41.5 Å². The maximum absolute atomic E-state index is 13.2. The monoisotopic (exact) mass is 680 g/mol. The predicted octanol–water partition coefficient (Wildman–Crippen LogP) is 7.00. The molecule has 3 N–H and O–H groups in total. The summed E-state index contributed by atoms with van der Waals surface area (Å²) in [4.78, 5) is 43.0. The number of nitrogens with zero attached hydrogens (tertiary/aromatic N) is 6. The van der Waals surface area contributed by atoms with E-state index >= 15 is 0 Å². The van der Waals surface area contributed by atoms with E-state index in [2.05, 4.69) is 24.8 Å². The Morgan fingerprint density at radius 1 is 0.740 bits per heavy atom. The molecule has 0 spiro atoms. The number of aromatic nitrogens is 6. The number of amides is 1. The first-order valence-corrected chi connectivity index (χ1v) is 18.0. The lowest BCUT2D eigenvalue weighted by Gasteiger charge is -2.39. The van der Waals surface area contributed by atoms with Crippen LogP contribution in [0, 0.1) is 11.8 Å². The number of aliphatic hydroxyl groups is 1. The lowest BCUT2D eigenvalue weighted by molar-refractivity contribution is -0.256. The molecule has 4 fully saturated rings. The second kappa shape index (κ2) is 12.3. The van der Waals surface area contributed by atoms with Crippen LogP contribution < -0.4 is 0 Å². The summed E-state index contributed by atoms with van der Waals surface area (Å²) in [6.45, 7) is 11.6. The topological polar surface area (TPSA) is 145 Å². The fourth-order valence-electron chi connectivity index (χ4n) is 8.68. The van der Waals surface area contributed by atoms with Gasteiger partial charge in [0, 0.05) is 35.6 Å². The van der Waals surface area contributed by atoms with Gasteiger partial charge in [-0.25, -0.2) is 29.6 Å². The Bertz CT molecular complexity index is 1840. The molecule has 2 saturated heterocycles. The van der Waals surface area contributed by atoms with Crippen LogP contribution in [0.2, 0.25) is 0 Å². The molecule has 2 aliphatic carbocycles. The smallest absolute Gasteiger partial charge is 0.411 e. The third-order valence-electron chi connectivity index (χ3n) is 10.7. The summed E-state index contributed by atoms with van der Waals surface area (Å²) in [5.41, 5.74) is 3.48. The Hall–Kier alpha value is -4.13. The Kier molecular flexibility index (Phi) is 8.11. The molecule has 12 heteroatoms. The zero-order valence-electron chi connectivity index (χ0n) is 29.8. The SMILES string of the molecule is CC(C)(C)OC(=O)N1C2CCC(C2)C1c1ncc(-c2cnc(-c3ccc(-c4cnc(C5C6CCC(C6)N5C(O)OC(C)(C)C)[nH]4)cc3)nc2)[nH]1. The van der Waals surface area contributed by atoms with E-state index in [1.54, 1.807) is 18.6 Å². The molecule has 50 heavy (non-hydrogen) atoms. The quantitative estimate of drug-likeness (QED) is 0.176. The standard InChI is InChI=1S/C38H48N8O4/c1-37(2,3)49-35(47)45-26-13-11-23(15-26)30(45)33-41-19-28(43-33)21-7-9-22(10-8-21)32-39-17-25(18-40-32)29-20-42-34(44-29)31-24-12-14-27(16-24)46(31)36(48)50-38(4,5)6/h7-10,17-20,23-24,26-27,30-31,35,47H,11-16H2,1-6H3,(H,41,43)(H,42,44). The average Bonchev–Trinajstić information content (AvgIpc) is 3.92. The van der Waals surface area contributed by atoms with Crippen LogP contribution in [0.4, 0.5) is 4.79 Å². The van der Waals surface area contributed by atoms with Crippen molar-refractivity contribution in [3.63, 3.8) is 0 Å². The van der Waals surface area contributed by atoms with Crippen LogP contribution in [0.15, 0.2) is 49.1 Å². The number of fused-ring (bicyclic) bond motifs is 4. The molecule has 4 aromatic rings. The van der Waals surface area contributed by atoms with Crippen molar-refractivity contribution in [1.29, 1.82) is 0 Å². The van der Waals surface area contributed by atoms with E-state index in [1.807, 2.05) is 76.9 Å². The van der Waals surface area contributed by atoms with Crippen molar-refractivity contribution in [3.05, 3.63) is 60.7 Å². The maximum atomic E-state index is 13.2. The zero-order chi connectivity index (χ0) is 34.9. The first-order chi connectivity index (χ1) is 23.8. The Morgan fingerprint density at radius 2 is 1.30 bits per heavy atom. The molecule has 8 rings (SSSR count). The number of imidazole rings is 2. The van der Waals surface area contributed by atoms with Gasteiger partial charge in [-0.05, 0) is 97.5 Å². The lowest BCUT2D eigenvalue weighted by Crippen LogP contribution is -2.47. The van der Waals surface area contributed by atoms with E-state index < -0.39 is 17.6 Å². The van der Waals surface area contributed by atoms with Crippen molar-refractivity contribution < 1.29 is 19.4 Å². The third-order valence-corrected chi connectivity index (χ3v) is 10.7. The van der Waals surface area contributed by atoms with Crippen LogP contribution in [0.3, 0.4) is 0 Å². The van der Waals surface area contributed by atoms with Crippen LogP contribution in [-0.4, -0.2) is 80.6 Å². The van der Waals surface area contributed by atoms with Crippen LogP contribution in [-0.2, 0) is 9.47 Å². The Morgan fingerprint density at radius 3 is 1.94 bits per heavy atom. The summed E-state index contributed by atoms with van der Waals surface area (Å²) >= 11 is 0. The van der Waals surface area contributed by atoms with Gasteiger partial charge in [-0.15, -0.1) is 0 Å². The number of carbonyl (C=O) groups excluding carboxylic acids is 1. The third kappa shape index (κ3) is 6.22. The van der Waals surface area contributed by atoms with Crippen molar-refractivity contribution in [2.45, 2.75) is 122 Å². The number of likely N-dealkylation sites (tertiary alicyclic amines) is 2. The number of aliphatic hydroxyl groups excluding tert-OH is 1. The van der Waals surface area contributed by atoms with Crippen molar-refractivity contribution in [1.82, 2.24) is 39.7 Å². The average molecular weight is 681 g/mol. The summed E-state index contributed by atoms with van der Waals surface area (Å²) in [7, 11) is 0. The molecule has 2 saturated carbocycles. The van der Waals surface area contributed by atoms with Gasteiger partial charge in [-0.1, -0.05) is 24.3 Å². The molecule has 1 aromatic carbocycles. The van der Waals surface area contributed by atoms with Crippen molar-refractivity contribution in [3.8, 4) is 33.9 Å². The van der Waals surface area contributed by atoms with Gasteiger partial charge in [0.1, 0.15) is 17.2 Å². The number of nitrogens with one attached hydrogen (secondary N) is 2. The van der Waals surface area contributed by atoms with E-state index in [9.17, 15) is 9.90 Å². The number of piperidine rings is 2. The highest BCUT2D eigenvalue weighted by Gasteiger charge is 2.52. The molecule has 12 nitrogen and oxygen atoms in total. The summed E-state index contributed by atoms with van der Waals surface area (Å²) in [5, 5.41) is 11.0. The molecule has 1 amide bonds. The number of benzene rings is 1. The largest absolute Gasteiger partial charge is 0.444 e. The molecule has 5 heterocycles. The molecule has 7 atom stereocenters. The number of hydrogen-bond acceptors (Lipinski definition) is 9. The second-order valence-electron chi connectivity index (χ2n) is 16.5. The van der Waals surface area contributed by atoms with Gasteiger partial charge < -0.3 is 24.5 Å². The molecular formula is C38H48N8O4. The van der Waals surface area contributed by atoms with E-state index in [-0.39, 0.29) is 24.2 Å². The molecule has 264 valence electrons. The van der Waals surface area contributed by atoms with E-state index in [4.69, 9.17) is 19.4 Å². The van der Waals surface area contributed by atoms with Gasteiger partial charge in [0.2, 0.25) is 6.41 Å². The molecule has 2 aliphatic heterocycles. The maximum Gasteiger partial charge on any atom is 0.411 e. The number of hydrogen-bond donors (Lipinski definition) is 3. The van der Waals surface area contributed by atoms with Crippen LogP contribution in [0.5, 0.6) is 0 Å². The summed E-state index contributed by atoms with van der Waals surface area (Å²) in [6.07, 6.45) is 12.4. The molecule has 4 bridgehead atoms. The molecule has 4 aliphatic rings. The van der Waals surface area contributed by atoms with Crippen LogP contribution in [0.1, 0.15) is 104 Å². The van der Waals surface area contributed by atoms with E-state index in [0.717, 1.165) is 78.3 Å².